The summed E-state index contributed by atoms with van der Waals surface area (Å²) >= 11 is 0. The van der Waals surface area contributed by atoms with Crippen LogP contribution in [-0.2, 0) is 16.2 Å². The van der Waals surface area contributed by atoms with Gasteiger partial charge in [0.15, 0.2) is 0 Å². The van der Waals surface area contributed by atoms with Crippen molar-refractivity contribution in [3.8, 4) is 5.75 Å². The van der Waals surface area contributed by atoms with Crippen molar-refractivity contribution in [2.75, 3.05) is 13.1 Å². The summed E-state index contributed by atoms with van der Waals surface area (Å²) in [6.07, 6.45) is 3.94. The van der Waals surface area contributed by atoms with Crippen molar-refractivity contribution in [1.82, 2.24) is 10.6 Å². The predicted molar refractivity (Wildman–Crippen MR) is 103 cm³/mol. The number of hydrogen-bond donors (Lipinski definition) is 2. The maximum Gasteiger partial charge on any atom is 0.244 e. The molecule has 2 aromatic rings. The Morgan fingerprint density at radius 3 is 2.54 bits per heavy atom. The molecule has 2 aromatic carbocycles. The molecule has 0 atom stereocenters. The Bertz CT molecular complexity index is 742. The van der Waals surface area contributed by atoms with E-state index in [1.807, 2.05) is 54.6 Å². The van der Waals surface area contributed by atoms with Crippen molar-refractivity contribution in [2.24, 2.45) is 0 Å². The maximum absolute atomic E-state index is 11.8. The van der Waals surface area contributed by atoms with Crippen LogP contribution in [0.4, 0.5) is 0 Å². The number of hydrogen-bond acceptors (Lipinski definition) is 3. The normalized spacial score (nSPS) is 10.5. The van der Waals surface area contributed by atoms with Crippen molar-refractivity contribution in [2.45, 2.75) is 20.0 Å². The number of ether oxygens (including phenoxy) is 1. The molecule has 5 nitrogen and oxygen atoms in total. The molecular formula is C21H24N2O3. The van der Waals surface area contributed by atoms with Crippen LogP contribution >= 0.6 is 0 Å². The lowest BCUT2D eigenvalue weighted by molar-refractivity contribution is -0.119. The van der Waals surface area contributed by atoms with Gasteiger partial charge in [-0.05, 0) is 35.8 Å². The fourth-order valence-corrected chi connectivity index (χ4v) is 2.24. The lowest BCUT2D eigenvalue weighted by Crippen LogP contribution is -2.27. The Morgan fingerprint density at radius 2 is 1.77 bits per heavy atom. The Hall–Kier alpha value is -3.08. The second kappa shape index (κ2) is 10.7. The molecule has 0 aliphatic rings. The van der Waals surface area contributed by atoms with Crippen molar-refractivity contribution in [1.29, 1.82) is 0 Å². The maximum atomic E-state index is 11.8. The standard InChI is InChI=1S/C21H24N2O3/c1-17(24)22-13-6-14-23-21(25)12-11-18-9-5-10-20(15-18)26-16-19-7-3-2-4-8-19/h2-5,7-12,15H,6,13-14,16H2,1H3,(H,22,24)(H,23,25)/b12-11+. The van der Waals surface area contributed by atoms with E-state index in [0.29, 0.717) is 26.1 Å². The van der Waals surface area contributed by atoms with Gasteiger partial charge in [0, 0.05) is 26.1 Å². The summed E-state index contributed by atoms with van der Waals surface area (Å²) in [5.74, 6) is 0.528. The molecule has 0 unspecified atom stereocenters. The summed E-state index contributed by atoms with van der Waals surface area (Å²) < 4.78 is 5.78. The van der Waals surface area contributed by atoms with Crippen molar-refractivity contribution in [3.63, 3.8) is 0 Å². The first-order valence-corrected chi connectivity index (χ1v) is 8.60. The van der Waals surface area contributed by atoms with E-state index in [1.165, 1.54) is 13.0 Å². The molecule has 2 rings (SSSR count). The van der Waals surface area contributed by atoms with Crippen LogP contribution in [0.1, 0.15) is 24.5 Å². The van der Waals surface area contributed by atoms with Crippen LogP contribution in [0.15, 0.2) is 60.7 Å². The minimum Gasteiger partial charge on any atom is -0.489 e. The fraction of sp³-hybridized carbons (Fsp3) is 0.238. The summed E-state index contributed by atoms with van der Waals surface area (Å²) in [5.41, 5.74) is 2.00. The Labute approximate surface area is 154 Å². The largest absolute Gasteiger partial charge is 0.489 e. The van der Waals surface area contributed by atoms with Crippen LogP contribution in [0.5, 0.6) is 5.75 Å². The molecule has 0 aliphatic carbocycles. The van der Waals surface area contributed by atoms with Crippen LogP contribution in [0, 0.1) is 0 Å². The molecule has 0 saturated carbocycles. The van der Waals surface area contributed by atoms with Gasteiger partial charge in [0.25, 0.3) is 0 Å². The predicted octanol–water partition coefficient (Wildman–Crippen LogP) is 2.92. The van der Waals surface area contributed by atoms with E-state index in [2.05, 4.69) is 10.6 Å². The average Bonchev–Trinajstić information content (AvgIpc) is 2.65. The van der Waals surface area contributed by atoms with Crippen LogP contribution in [-0.4, -0.2) is 24.9 Å². The van der Waals surface area contributed by atoms with E-state index >= 15 is 0 Å². The SMILES string of the molecule is CC(=O)NCCCNC(=O)/C=C/c1cccc(OCc2ccccc2)c1. The summed E-state index contributed by atoms with van der Waals surface area (Å²) in [5, 5.41) is 5.46. The molecule has 0 spiro atoms. The lowest BCUT2D eigenvalue weighted by Gasteiger charge is -2.07. The van der Waals surface area contributed by atoms with Crippen LogP contribution in [0.2, 0.25) is 0 Å². The third kappa shape index (κ3) is 7.66. The van der Waals surface area contributed by atoms with Crippen molar-refractivity contribution < 1.29 is 14.3 Å². The second-order valence-corrected chi connectivity index (χ2v) is 5.81. The molecule has 2 amide bonds. The van der Waals surface area contributed by atoms with E-state index in [9.17, 15) is 9.59 Å². The average molecular weight is 352 g/mol. The van der Waals surface area contributed by atoms with Gasteiger partial charge in [-0.25, -0.2) is 0 Å². The van der Waals surface area contributed by atoms with Crippen LogP contribution < -0.4 is 15.4 Å². The summed E-state index contributed by atoms with van der Waals surface area (Å²) in [4.78, 5) is 22.5. The Morgan fingerprint density at radius 1 is 1.00 bits per heavy atom. The van der Waals surface area contributed by atoms with E-state index in [-0.39, 0.29) is 11.8 Å². The quantitative estimate of drug-likeness (QED) is 0.539. The van der Waals surface area contributed by atoms with Gasteiger partial charge in [-0.2, -0.15) is 0 Å². The molecule has 0 fully saturated rings. The Balaban J connectivity index is 1.77. The fourth-order valence-electron chi connectivity index (χ4n) is 2.24. The smallest absolute Gasteiger partial charge is 0.244 e. The highest BCUT2D eigenvalue weighted by molar-refractivity contribution is 5.91. The minimum absolute atomic E-state index is 0.0643. The molecule has 2 N–H and O–H groups in total. The van der Waals surface area contributed by atoms with Gasteiger partial charge in [0.2, 0.25) is 11.8 Å². The lowest BCUT2D eigenvalue weighted by atomic mass is 10.2. The van der Waals surface area contributed by atoms with E-state index < -0.39 is 0 Å². The monoisotopic (exact) mass is 352 g/mol. The molecule has 136 valence electrons. The zero-order valence-electron chi connectivity index (χ0n) is 14.9. The van der Waals surface area contributed by atoms with E-state index in [0.717, 1.165) is 16.9 Å². The minimum atomic E-state index is -0.163. The van der Waals surface area contributed by atoms with Crippen molar-refractivity contribution >= 4 is 17.9 Å². The van der Waals surface area contributed by atoms with E-state index in [1.54, 1.807) is 6.08 Å². The number of benzene rings is 2. The van der Waals surface area contributed by atoms with Gasteiger partial charge in [0.05, 0.1) is 0 Å². The van der Waals surface area contributed by atoms with Crippen LogP contribution in [0.3, 0.4) is 0 Å². The van der Waals surface area contributed by atoms with Crippen molar-refractivity contribution in [3.05, 3.63) is 71.8 Å². The van der Waals surface area contributed by atoms with E-state index in [4.69, 9.17) is 4.74 Å². The van der Waals surface area contributed by atoms with Gasteiger partial charge in [-0.3, -0.25) is 9.59 Å². The summed E-state index contributed by atoms with van der Waals surface area (Å²) in [6, 6.07) is 17.5. The molecule has 0 heterocycles. The first kappa shape index (κ1) is 19.2. The highest BCUT2D eigenvalue weighted by Gasteiger charge is 1.98. The molecule has 0 saturated heterocycles. The van der Waals surface area contributed by atoms with Gasteiger partial charge in [-0.1, -0.05) is 42.5 Å². The number of nitrogens with one attached hydrogen (secondary N) is 2. The molecular weight excluding hydrogens is 328 g/mol. The first-order chi connectivity index (χ1) is 12.6. The molecule has 0 aromatic heterocycles. The molecule has 5 heteroatoms. The first-order valence-electron chi connectivity index (χ1n) is 8.60. The number of rotatable bonds is 9. The number of carbonyl (C=O) groups is 2. The molecule has 26 heavy (non-hydrogen) atoms. The summed E-state index contributed by atoms with van der Waals surface area (Å²) in [6.45, 7) is 3.05. The molecule has 0 bridgehead atoms. The number of carbonyl (C=O) groups excluding carboxylic acids is 2. The van der Waals surface area contributed by atoms with Gasteiger partial charge in [0.1, 0.15) is 12.4 Å². The third-order valence-corrected chi connectivity index (χ3v) is 3.56. The third-order valence-electron chi connectivity index (χ3n) is 3.56. The zero-order chi connectivity index (χ0) is 18.6. The Kier molecular flexibility index (Phi) is 7.93. The highest BCUT2D eigenvalue weighted by atomic mass is 16.5. The van der Waals surface area contributed by atoms with Gasteiger partial charge >= 0.3 is 0 Å². The van der Waals surface area contributed by atoms with Gasteiger partial charge < -0.3 is 15.4 Å². The topological polar surface area (TPSA) is 67.4 Å². The number of amides is 2. The highest BCUT2D eigenvalue weighted by Crippen LogP contribution is 2.16. The zero-order valence-corrected chi connectivity index (χ0v) is 14.9. The second-order valence-electron chi connectivity index (χ2n) is 5.81. The molecule has 0 radical (unpaired) electrons. The van der Waals surface area contributed by atoms with Gasteiger partial charge in [-0.15, -0.1) is 0 Å². The molecule has 0 aliphatic heterocycles. The summed E-state index contributed by atoms with van der Waals surface area (Å²) in [7, 11) is 0. The van der Waals surface area contributed by atoms with Crippen LogP contribution in [0.25, 0.3) is 6.08 Å².